The molecular weight excluding hydrogens is 216 g/mol. The number of nitrogens with zero attached hydrogens (tertiary/aromatic N) is 2. The molecular formula is C12H20N4O. The van der Waals surface area contributed by atoms with Gasteiger partial charge in [0, 0.05) is 6.54 Å². The fourth-order valence-corrected chi connectivity index (χ4v) is 2.21. The third kappa shape index (κ3) is 2.60. The van der Waals surface area contributed by atoms with Crippen LogP contribution < -0.4 is 15.8 Å². The van der Waals surface area contributed by atoms with E-state index in [1.54, 1.807) is 7.11 Å². The molecule has 0 spiro atoms. The van der Waals surface area contributed by atoms with E-state index in [1.807, 2.05) is 0 Å². The summed E-state index contributed by atoms with van der Waals surface area (Å²) < 4.78 is 5.21. The monoisotopic (exact) mass is 236 g/mol. The molecule has 5 nitrogen and oxygen atoms in total. The molecule has 0 unspecified atom stereocenters. The molecule has 0 aromatic carbocycles. The molecule has 1 heterocycles. The van der Waals surface area contributed by atoms with Gasteiger partial charge >= 0.3 is 0 Å². The largest absolute Gasteiger partial charge is 0.490 e. The van der Waals surface area contributed by atoms with Crippen LogP contribution in [0.25, 0.3) is 0 Å². The number of methoxy groups -OCH3 is 1. The molecule has 2 rings (SSSR count). The second kappa shape index (κ2) is 4.77. The Morgan fingerprint density at radius 2 is 2.24 bits per heavy atom. The molecule has 0 radical (unpaired) electrons. The predicted octanol–water partition coefficient (Wildman–Crippen LogP) is 2.06. The van der Waals surface area contributed by atoms with E-state index in [0.717, 1.165) is 6.54 Å². The quantitative estimate of drug-likeness (QED) is 0.791. The van der Waals surface area contributed by atoms with Crippen LogP contribution in [0.4, 0.5) is 11.6 Å². The zero-order valence-corrected chi connectivity index (χ0v) is 10.5. The van der Waals surface area contributed by atoms with E-state index in [1.165, 1.54) is 32.0 Å². The highest BCUT2D eigenvalue weighted by Crippen LogP contribution is 2.49. The number of nitrogens with two attached hydrogens (primary N) is 1. The predicted molar refractivity (Wildman–Crippen MR) is 68.1 cm³/mol. The van der Waals surface area contributed by atoms with Crippen molar-refractivity contribution < 1.29 is 4.74 Å². The van der Waals surface area contributed by atoms with Crippen LogP contribution in [0.15, 0.2) is 6.33 Å². The van der Waals surface area contributed by atoms with Crippen LogP contribution in [0.2, 0.25) is 0 Å². The van der Waals surface area contributed by atoms with Crippen LogP contribution in [0.5, 0.6) is 5.75 Å². The number of anilines is 2. The molecule has 94 valence electrons. The SMILES string of the molecule is CCCC1(CNc2ncnc(N)c2OC)CC1. The molecule has 1 aliphatic carbocycles. The third-order valence-electron chi connectivity index (χ3n) is 3.40. The van der Waals surface area contributed by atoms with Gasteiger partial charge in [0.25, 0.3) is 0 Å². The molecule has 1 aromatic heterocycles. The summed E-state index contributed by atoms with van der Waals surface area (Å²) in [6.45, 7) is 3.16. The highest BCUT2D eigenvalue weighted by Gasteiger charge is 2.41. The van der Waals surface area contributed by atoms with Crippen LogP contribution >= 0.6 is 0 Å². The van der Waals surface area contributed by atoms with Gasteiger partial charge in [0.15, 0.2) is 11.6 Å². The van der Waals surface area contributed by atoms with Crippen molar-refractivity contribution in [2.45, 2.75) is 32.6 Å². The molecule has 17 heavy (non-hydrogen) atoms. The maximum Gasteiger partial charge on any atom is 0.203 e. The first-order valence-corrected chi connectivity index (χ1v) is 6.09. The first-order chi connectivity index (χ1) is 8.21. The van der Waals surface area contributed by atoms with Gasteiger partial charge in [-0.05, 0) is 24.7 Å². The van der Waals surface area contributed by atoms with Gasteiger partial charge in [0.1, 0.15) is 6.33 Å². The lowest BCUT2D eigenvalue weighted by Gasteiger charge is -2.17. The summed E-state index contributed by atoms with van der Waals surface area (Å²) in [5.41, 5.74) is 6.20. The van der Waals surface area contributed by atoms with Gasteiger partial charge in [-0.25, -0.2) is 9.97 Å². The van der Waals surface area contributed by atoms with E-state index < -0.39 is 0 Å². The molecule has 1 aliphatic rings. The first-order valence-electron chi connectivity index (χ1n) is 6.09. The number of aromatic nitrogens is 2. The van der Waals surface area contributed by atoms with Crippen LogP contribution in [0.1, 0.15) is 32.6 Å². The Morgan fingerprint density at radius 3 is 2.82 bits per heavy atom. The highest BCUT2D eigenvalue weighted by atomic mass is 16.5. The summed E-state index contributed by atoms with van der Waals surface area (Å²) in [4.78, 5) is 8.08. The fraction of sp³-hybridized carbons (Fsp3) is 0.667. The summed E-state index contributed by atoms with van der Waals surface area (Å²) in [6, 6.07) is 0. The average Bonchev–Trinajstić information content (AvgIpc) is 3.07. The molecule has 5 heteroatoms. The van der Waals surface area contributed by atoms with Gasteiger partial charge in [0.2, 0.25) is 5.75 Å². The van der Waals surface area contributed by atoms with Gasteiger partial charge in [-0.15, -0.1) is 0 Å². The Labute approximate surface area is 102 Å². The standard InChI is InChI=1S/C12H20N4O/c1-3-4-12(5-6-12)7-14-11-9(17-2)10(13)15-8-16-11/h8H,3-7H2,1-2H3,(H3,13,14,15,16). The van der Waals surface area contributed by atoms with Crippen molar-refractivity contribution in [3.8, 4) is 5.75 Å². The maximum atomic E-state index is 5.73. The Kier molecular flexibility index (Phi) is 3.36. The van der Waals surface area contributed by atoms with Crippen molar-refractivity contribution in [2.75, 3.05) is 24.7 Å². The second-order valence-electron chi connectivity index (χ2n) is 4.74. The first kappa shape index (κ1) is 12.0. The van der Waals surface area contributed by atoms with Crippen molar-refractivity contribution in [2.24, 2.45) is 5.41 Å². The van der Waals surface area contributed by atoms with E-state index in [4.69, 9.17) is 10.5 Å². The number of rotatable bonds is 6. The van der Waals surface area contributed by atoms with Gasteiger partial charge in [-0.3, -0.25) is 0 Å². The van der Waals surface area contributed by atoms with Crippen molar-refractivity contribution in [1.29, 1.82) is 0 Å². The lowest BCUT2D eigenvalue weighted by atomic mass is 10.0. The van der Waals surface area contributed by atoms with Crippen molar-refractivity contribution in [3.05, 3.63) is 6.33 Å². The van der Waals surface area contributed by atoms with Crippen molar-refractivity contribution in [3.63, 3.8) is 0 Å². The number of ether oxygens (including phenoxy) is 1. The molecule has 0 aliphatic heterocycles. The van der Waals surface area contributed by atoms with E-state index in [-0.39, 0.29) is 0 Å². The summed E-state index contributed by atoms with van der Waals surface area (Å²) in [5, 5.41) is 3.34. The van der Waals surface area contributed by atoms with E-state index in [9.17, 15) is 0 Å². The maximum absolute atomic E-state index is 5.73. The summed E-state index contributed by atoms with van der Waals surface area (Å²) in [5.74, 6) is 1.62. The Bertz CT molecular complexity index is 390. The zero-order chi connectivity index (χ0) is 12.3. The summed E-state index contributed by atoms with van der Waals surface area (Å²) in [7, 11) is 1.58. The molecule has 1 saturated carbocycles. The minimum atomic E-state index is 0.380. The van der Waals surface area contributed by atoms with Crippen LogP contribution in [0.3, 0.4) is 0 Å². The molecule has 0 amide bonds. The Hall–Kier alpha value is -1.52. The van der Waals surface area contributed by atoms with E-state index >= 15 is 0 Å². The lowest BCUT2D eigenvalue weighted by molar-refractivity contribution is 0.413. The third-order valence-corrected chi connectivity index (χ3v) is 3.40. The zero-order valence-electron chi connectivity index (χ0n) is 10.5. The van der Waals surface area contributed by atoms with E-state index in [2.05, 4.69) is 22.2 Å². The molecule has 0 saturated heterocycles. The van der Waals surface area contributed by atoms with Gasteiger partial charge < -0.3 is 15.8 Å². The normalized spacial score (nSPS) is 16.6. The minimum Gasteiger partial charge on any atom is -0.490 e. The number of hydrogen-bond donors (Lipinski definition) is 2. The molecule has 0 atom stereocenters. The number of hydrogen-bond acceptors (Lipinski definition) is 5. The van der Waals surface area contributed by atoms with Crippen LogP contribution in [-0.4, -0.2) is 23.6 Å². The highest BCUT2D eigenvalue weighted by molar-refractivity contribution is 5.61. The molecule has 1 aromatic rings. The topological polar surface area (TPSA) is 73.1 Å². The van der Waals surface area contributed by atoms with Crippen molar-refractivity contribution >= 4 is 11.6 Å². The second-order valence-corrected chi connectivity index (χ2v) is 4.74. The summed E-state index contributed by atoms with van der Waals surface area (Å²) in [6.07, 6.45) is 6.56. The number of nitrogens with one attached hydrogen (secondary N) is 1. The smallest absolute Gasteiger partial charge is 0.203 e. The van der Waals surface area contributed by atoms with Crippen molar-refractivity contribution in [1.82, 2.24) is 9.97 Å². The Morgan fingerprint density at radius 1 is 1.47 bits per heavy atom. The molecule has 1 fully saturated rings. The number of nitrogen functional groups attached to an aromatic ring is 1. The van der Waals surface area contributed by atoms with Gasteiger partial charge in [-0.2, -0.15) is 0 Å². The summed E-state index contributed by atoms with van der Waals surface area (Å²) >= 11 is 0. The fourth-order valence-electron chi connectivity index (χ4n) is 2.21. The van der Waals surface area contributed by atoms with Crippen LogP contribution in [-0.2, 0) is 0 Å². The average molecular weight is 236 g/mol. The van der Waals surface area contributed by atoms with Crippen LogP contribution in [0, 0.1) is 5.41 Å². The van der Waals surface area contributed by atoms with Gasteiger partial charge in [-0.1, -0.05) is 13.3 Å². The lowest BCUT2D eigenvalue weighted by Crippen LogP contribution is -2.17. The van der Waals surface area contributed by atoms with E-state index in [0.29, 0.717) is 22.8 Å². The minimum absolute atomic E-state index is 0.380. The molecule has 0 bridgehead atoms. The van der Waals surface area contributed by atoms with Gasteiger partial charge in [0.05, 0.1) is 7.11 Å². The Balaban J connectivity index is 2.02. The molecule has 3 N–H and O–H groups in total.